The zero-order chi connectivity index (χ0) is 20.1. The molecule has 1 N–H and O–H groups in total. The minimum absolute atomic E-state index is 0.132. The van der Waals surface area contributed by atoms with E-state index in [-0.39, 0.29) is 5.91 Å². The molecule has 1 heterocycles. The smallest absolute Gasteiger partial charge is 0.260 e. The number of nitrogens with zero attached hydrogens (tertiary/aromatic N) is 1. The van der Waals surface area contributed by atoms with Crippen LogP contribution in [0, 0.1) is 13.8 Å². The first-order valence-electron chi connectivity index (χ1n) is 9.14. The second kappa shape index (κ2) is 9.22. The number of carbonyl (C=O) groups excluding carboxylic acids is 1. The lowest BCUT2D eigenvalue weighted by molar-refractivity contribution is -0.127. The Hall–Kier alpha value is -2.37. The Morgan fingerprint density at radius 1 is 1.18 bits per heavy atom. The quantitative estimate of drug-likeness (QED) is 0.577. The Balaban J connectivity index is 1.49. The summed E-state index contributed by atoms with van der Waals surface area (Å²) in [4.78, 5) is 16.9. The van der Waals surface area contributed by atoms with E-state index in [9.17, 15) is 4.79 Å². The average Bonchev–Trinajstić information content (AvgIpc) is 3.10. The summed E-state index contributed by atoms with van der Waals surface area (Å²) in [5.74, 6) is 0.583. The van der Waals surface area contributed by atoms with Gasteiger partial charge in [-0.2, -0.15) is 0 Å². The third-order valence-electron chi connectivity index (χ3n) is 4.20. The molecule has 28 heavy (non-hydrogen) atoms. The normalized spacial score (nSPS) is 11.9. The molecule has 1 unspecified atom stereocenters. The molecule has 0 saturated carbocycles. The van der Waals surface area contributed by atoms with Gasteiger partial charge in [0, 0.05) is 28.9 Å². The Kier molecular flexibility index (Phi) is 6.70. The van der Waals surface area contributed by atoms with Gasteiger partial charge in [-0.1, -0.05) is 29.8 Å². The lowest BCUT2D eigenvalue weighted by atomic mass is 10.1. The lowest BCUT2D eigenvalue weighted by Gasteiger charge is -2.15. The molecule has 3 aromatic rings. The van der Waals surface area contributed by atoms with Crippen LogP contribution in [0.5, 0.6) is 5.75 Å². The number of ether oxygens (including phenoxy) is 1. The van der Waals surface area contributed by atoms with E-state index in [2.05, 4.69) is 16.4 Å². The van der Waals surface area contributed by atoms with Gasteiger partial charge in [0.15, 0.2) is 6.10 Å². The standard InChI is InChI=1S/C22H23ClN2O2S/c1-14-10-15(2)12-20(11-14)27-16(3)21(26)24-9-8-19-13-28-22(25-19)17-4-6-18(23)7-5-17/h4-7,10-13,16H,8-9H2,1-3H3,(H,24,26). The van der Waals surface area contributed by atoms with Crippen molar-refractivity contribution >= 4 is 28.8 Å². The Bertz CT molecular complexity index is 933. The molecule has 1 aromatic heterocycles. The highest BCUT2D eigenvalue weighted by Crippen LogP contribution is 2.25. The summed E-state index contributed by atoms with van der Waals surface area (Å²) in [5, 5.41) is 6.60. The van der Waals surface area contributed by atoms with E-state index >= 15 is 0 Å². The number of carbonyl (C=O) groups is 1. The summed E-state index contributed by atoms with van der Waals surface area (Å²) < 4.78 is 5.78. The maximum absolute atomic E-state index is 12.3. The minimum atomic E-state index is -0.554. The van der Waals surface area contributed by atoms with E-state index < -0.39 is 6.10 Å². The number of rotatable bonds is 7. The summed E-state index contributed by atoms with van der Waals surface area (Å²) in [7, 11) is 0. The molecule has 1 amide bonds. The molecule has 0 radical (unpaired) electrons. The largest absolute Gasteiger partial charge is 0.481 e. The van der Waals surface area contributed by atoms with E-state index in [1.807, 2.05) is 55.6 Å². The van der Waals surface area contributed by atoms with Crippen molar-refractivity contribution in [2.75, 3.05) is 6.54 Å². The van der Waals surface area contributed by atoms with Crippen molar-refractivity contribution in [3.8, 4) is 16.3 Å². The maximum atomic E-state index is 12.3. The number of thiazole rings is 1. The number of aromatic nitrogens is 1. The molecule has 4 nitrogen and oxygen atoms in total. The number of amides is 1. The predicted octanol–water partition coefficient (Wildman–Crippen LogP) is 5.21. The fourth-order valence-corrected chi connectivity index (χ4v) is 3.85. The van der Waals surface area contributed by atoms with Gasteiger partial charge >= 0.3 is 0 Å². The molecule has 0 aliphatic heterocycles. The summed E-state index contributed by atoms with van der Waals surface area (Å²) in [6, 6.07) is 13.6. The van der Waals surface area contributed by atoms with Gasteiger partial charge in [0.1, 0.15) is 10.8 Å². The Morgan fingerprint density at radius 3 is 2.54 bits per heavy atom. The molecule has 0 spiro atoms. The number of benzene rings is 2. The molecule has 0 bridgehead atoms. The molecule has 6 heteroatoms. The summed E-state index contributed by atoms with van der Waals surface area (Å²) in [6.45, 7) is 6.30. The van der Waals surface area contributed by atoms with Gasteiger partial charge in [-0.05, 0) is 56.2 Å². The molecule has 0 fully saturated rings. The van der Waals surface area contributed by atoms with Crippen LogP contribution in [0.1, 0.15) is 23.7 Å². The van der Waals surface area contributed by atoms with Crippen molar-refractivity contribution in [2.45, 2.75) is 33.3 Å². The molecule has 146 valence electrons. The molecule has 0 saturated heterocycles. The third-order valence-corrected chi connectivity index (χ3v) is 5.39. The molecule has 2 aromatic carbocycles. The second-order valence-corrected chi connectivity index (χ2v) is 8.07. The summed E-state index contributed by atoms with van der Waals surface area (Å²) in [5.41, 5.74) is 4.23. The van der Waals surface area contributed by atoms with Gasteiger partial charge in [-0.15, -0.1) is 11.3 Å². The van der Waals surface area contributed by atoms with Crippen molar-refractivity contribution in [3.05, 3.63) is 69.7 Å². The van der Waals surface area contributed by atoms with E-state index in [1.165, 1.54) is 0 Å². The fourth-order valence-electron chi connectivity index (χ4n) is 2.86. The fraction of sp³-hybridized carbons (Fsp3) is 0.273. The molecule has 0 aliphatic carbocycles. The van der Waals surface area contributed by atoms with Crippen molar-refractivity contribution < 1.29 is 9.53 Å². The first-order valence-corrected chi connectivity index (χ1v) is 10.4. The van der Waals surface area contributed by atoms with E-state index in [0.29, 0.717) is 23.7 Å². The zero-order valence-electron chi connectivity index (χ0n) is 16.2. The van der Waals surface area contributed by atoms with Gasteiger partial charge in [-0.25, -0.2) is 4.98 Å². The zero-order valence-corrected chi connectivity index (χ0v) is 17.7. The van der Waals surface area contributed by atoms with Gasteiger partial charge < -0.3 is 10.1 Å². The van der Waals surface area contributed by atoms with Crippen LogP contribution in [0.2, 0.25) is 5.02 Å². The van der Waals surface area contributed by atoms with Gasteiger partial charge in [0.2, 0.25) is 0 Å². The van der Waals surface area contributed by atoms with Crippen LogP contribution in [0.3, 0.4) is 0 Å². The molecule has 0 aliphatic rings. The Morgan fingerprint density at radius 2 is 1.86 bits per heavy atom. The Labute approximate surface area is 174 Å². The SMILES string of the molecule is Cc1cc(C)cc(OC(C)C(=O)NCCc2csc(-c3ccc(Cl)cc3)n2)c1. The molecular weight excluding hydrogens is 392 g/mol. The van der Waals surface area contributed by atoms with Crippen molar-refractivity contribution in [3.63, 3.8) is 0 Å². The van der Waals surface area contributed by atoms with E-state index in [1.54, 1.807) is 18.3 Å². The lowest BCUT2D eigenvalue weighted by Crippen LogP contribution is -2.37. The number of hydrogen-bond donors (Lipinski definition) is 1. The van der Waals surface area contributed by atoms with Gasteiger partial charge in [0.05, 0.1) is 5.69 Å². The van der Waals surface area contributed by atoms with Crippen LogP contribution in [-0.4, -0.2) is 23.5 Å². The average molecular weight is 415 g/mol. The predicted molar refractivity (Wildman–Crippen MR) is 115 cm³/mol. The highest BCUT2D eigenvalue weighted by Gasteiger charge is 2.15. The van der Waals surface area contributed by atoms with Gasteiger partial charge in [0.25, 0.3) is 5.91 Å². The number of halogens is 1. The molecular formula is C22H23ClN2O2S. The molecule has 3 rings (SSSR count). The minimum Gasteiger partial charge on any atom is -0.481 e. The molecule has 1 atom stereocenters. The van der Waals surface area contributed by atoms with Crippen LogP contribution in [0.4, 0.5) is 0 Å². The number of hydrogen-bond acceptors (Lipinski definition) is 4. The van der Waals surface area contributed by atoms with Crippen LogP contribution < -0.4 is 10.1 Å². The first-order chi connectivity index (χ1) is 13.4. The van der Waals surface area contributed by atoms with Gasteiger partial charge in [-0.3, -0.25) is 4.79 Å². The summed E-state index contributed by atoms with van der Waals surface area (Å²) >= 11 is 7.51. The maximum Gasteiger partial charge on any atom is 0.260 e. The monoisotopic (exact) mass is 414 g/mol. The van der Waals surface area contributed by atoms with Crippen LogP contribution in [0.15, 0.2) is 47.8 Å². The second-order valence-electron chi connectivity index (χ2n) is 6.78. The first kappa shape index (κ1) is 20.4. The van der Waals surface area contributed by atoms with E-state index in [0.717, 1.165) is 27.4 Å². The number of nitrogens with one attached hydrogen (secondary N) is 1. The number of aryl methyl sites for hydroxylation is 2. The third kappa shape index (κ3) is 5.57. The summed E-state index contributed by atoms with van der Waals surface area (Å²) in [6.07, 6.45) is 0.118. The van der Waals surface area contributed by atoms with E-state index in [4.69, 9.17) is 16.3 Å². The topological polar surface area (TPSA) is 51.2 Å². The van der Waals surface area contributed by atoms with Crippen LogP contribution >= 0.6 is 22.9 Å². The van der Waals surface area contributed by atoms with Crippen LogP contribution in [-0.2, 0) is 11.2 Å². The highest BCUT2D eigenvalue weighted by molar-refractivity contribution is 7.13. The van der Waals surface area contributed by atoms with Crippen molar-refractivity contribution in [1.82, 2.24) is 10.3 Å². The van der Waals surface area contributed by atoms with Crippen molar-refractivity contribution in [2.24, 2.45) is 0 Å². The van der Waals surface area contributed by atoms with Crippen LogP contribution in [0.25, 0.3) is 10.6 Å². The van der Waals surface area contributed by atoms with Crippen molar-refractivity contribution in [1.29, 1.82) is 0 Å². The highest BCUT2D eigenvalue weighted by atomic mass is 35.5.